The van der Waals surface area contributed by atoms with Gasteiger partial charge in [0.05, 0.1) is 6.10 Å². The van der Waals surface area contributed by atoms with E-state index in [2.05, 4.69) is 24.3 Å². The van der Waals surface area contributed by atoms with Gasteiger partial charge in [0.25, 0.3) is 0 Å². The van der Waals surface area contributed by atoms with Crippen LogP contribution >= 0.6 is 0 Å². The fraction of sp³-hybridized carbons (Fsp3) is 0.526. The SMILES string of the molecule is CO[C@H]1CN(C(=O)/C=C/CN(C)C)CC[C@@H]1Cc1ccccc1. The Hall–Kier alpha value is -1.65. The number of nitrogens with zero attached hydrogens (tertiary/aromatic N) is 2. The Morgan fingerprint density at radius 3 is 2.74 bits per heavy atom. The zero-order valence-electron chi connectivity index (χ0n) is 14.4. The van der Waals surface area contributed by atoms with Gasteiger partial charge in [0, 0.05) is 32.8 Å². The van der Waals surface area contributed by atoms with Crippen molar-refractivity contribution in [2.75, 3.05) is 40.8 Å². The van der Waals surface area contributed by atoms with E-state index in [0.717, 1.165) is 25.9 Å². The molecule has 1 fully saturated rings. The first kappa shape index (κ1) is 17.7. The molecule has 0 spiro atoms. The molecule has 0 radical (unpaired) electrons. The predicted octanol–water partition coefficient (Wildman–Crippen LogP) is 2.21. The summed E-state index contributed by atoms with van der Waals surface area (Å²) in [6.45, 7) is 2.27. The van der Waals surface area contributed by atoms with Crippen LogP contribution in [0.4, 0.5) is 0 Å². The Kier molecular flexibility index (Phi) is 6.81. The first-order valence-corrected chi connectivity index (χ1v) is 8.27. The van der Waals surface area contributed by atoms with Gasteiger partial charge in [0.15, 0.2) is 0 Å². The zero-order chi connectivity index (χ0) is 16.7. The van der Waals surface area contributed by atoms with Crippen LogP contribution in [0.3, 0.4) is 0 Å². The molecule has 0 N–H and O–H groups in total. The van der Waals surface area contributed by atoms with E-state index in [4.69, 9.17) is 4.74 Å². The lowest BCUT2D eigenvalue weighted by atomic mass is 9.87. The number of ether oxygens (including phenoxy) is 1. The summed E-state index contributed by atoms with van der Waals surface area (Å²) in [5.41, 5.74) is 1.34. The summed E-state index contributed by atoms with van der Waals surface area (Å²) >= 11 is 0. The van der Waals surface area contributed by atoms with E-state index in [9.17, 15) is 4.79 Å². The molecule has 0 unspecified atom stereocenters. The van der Waals surface area contributed by atoms with E-state index in [0.29, 0.717) is 12.5 Å². The number of amides is 1. The molecule has 1 aromatic rings. The van der Waals surface area contributed by atoms with Gasteiger partial charge < -0.3 is 14.5 Å². The minimum Gasteiger partial charge on any atom is -0.379 e. The molecule has 23 heavy (non-hydrogen) atoms. The van der Waals surface area contributed by atoms with Crippen molar-refractivity contribution in [2.45, 2.75) is 18.9 Å². The van der Waals surface area contributed by atoms with E-state index in [1.807, 2.05) is 36.0 Å². The van der Waals surface area contributed by atoms with Crippen molar-refractivity contribution in [3.05, 3.63) is 48.0 Å². The summed E-state index contributed by atoms with van der Waals surface area (Å²) in [6, 6.07) is 10.5. The summed E-state index contributed by atoms with van der Waals surface area (Å²) in [4.78, 5) is 16.2. The zero-order valence-corrected chi connectivity index (χ0v) is 14.4. The third-order valence-electron chi connectivity index (χ3n) is 4.38. The van der Waals surface area contributed by atoms with Gasteiger partial charge in [-0.25, -0.2) is 0 Å². The Labute approximate surface area is 139 Å². The molecule has 4 nitrogen and oxygen atoms in total. The third-order valence-corrected chi connectivity index (χ3v) is 4.38. The van der Waals surface area contributed by atoms with E-state index in [-0.39, 0.29) is 12.0 Å². The van der Waals surface area contributed by atoms with Gasteiger partial charge in [0.1, 0.15) is 0 Å². The molecule has 0 aliphatic carbocycles. The number of piperidine rings is 1. The van der Waals surface area contributed by atoms with E-state index >= 15 is 0 Å². The van der Waals surface area contributed by atoms with E-state index in [1.54, 1.807) is 13.2 Å². The van der Waals surface area contributed by atoms with Crippen LogP contribution in [0.5, 0.6) is 0 Å². The summed E-state index contributed by atoms with van der Waals surface area (Å²) < 4.78 is 5.67. The van der Waals surface area contributed by atoms with Crippen molar-refractivity contribution in [2.24, 2.45) is 5.92 Å². The molecule has 1 saturated heterocycles. The highest BCUT2D eigenvalue weighted by molar-refractivity contribution is 5.87. The van der Waals surface area contributed by atoms with Crippen LogP contribution in [0.1, 0.15) is 12.0 Å². The molecule has 2 rings (SSSR count). The van der Waals surface area contributed by atoms with Crippen molar-refractivity contribution in [3.8, 4) is 0 Å². The van der Waals surface area contributed by atoms with Crippen LogP contribution in [-0.2, 0) is 16.0 Å². The number of rotatable bonds is 6. The molecule has 0 saturated carbocycles. The maximum Gasteiger partial charge on any atom is 0.246 e. The summed E-state index contributed by atoms with van der Waals surface area (Å²) in [5.74, 6) is 0.560. The summed E-state index contributed by atoms with van der Waals surface area (Å²) in [6.07, 6.45) is 5.71. The van der Waals surface area contributed by atoms with E-state index in [1.165, 1.54) is 5.56 Å². The molecule has 0 bridgehead atoms. The van der Waals surface area contributed by atoms with Crippen molar-refractivity contribution in [3.63, 3.8) is 0 Å². The average molecular weight is 316 g/mol. The van der Waals surface area contributed by atoms with Gasteiger partial charge in [0.2, 0.25) is 5.91 Å². The second-order valence-electron chi connectivity index (χ2n) is 6.46. The van der Waals surface area contributed by atoms with Crippen LogP contribution in [-0.4, -0.2) is 62.7 Å². The molecule has 126 valence electrons. The van der Waals surface area contributed by atoms with Crippen molar-refractivity contribution in [1.29, 1.82) is 0 Å². The Morgan fingerprint density at radius 2 is 2.09 bits per heavy atom. The minimum absolute atomic E-state index is 0.0899. The van der Waals surface area contributed by atoms with Crippen LogP contribution in [0, 0.1) is 5.92 Å². The van der Waals surface area contributed by atoms with Crippen molar-refractivity contribution >= 4 is 5.91 Å². The number of likely N-dealkylation sites (N-methyl/N-ethyl adjacent to an activating group) is 1. The molecule has 4 heteroatoms. The van der Waals surface area contributed by atoms with Crippen molar-refractivity contribution < 1.29 is 9.53 Å². The van der Waals surface area contributed by atoms with Gasteiger partial charge in [-0.05, 0) is 38.4 Å². The fourth-order valence-corrected chi connectivity index (χ4v) is 3.05. The molecule has 1 aliphatic heterocycles. The number of carbonyl (C=O) groups is 1. The highest BCUT2D eigenvalue weighted by Gasteiger charge is 2.30. The maximum atomic E-state index is 12.3. The molecule has 0 aromatic heterocycles. The van der Waals surface area contributed by atoms with Crippen molar-refractivity contribution in [1.82, 2.24) is 9.80 Å². The monoisotopic (exact) mass is 316 g/mol. The fourth-order valence-electron chi connectivity index (χ4n) is 3.05. The lowest BCUT2D eigenvalue weighted by molar-refractivity contribution is -0.131. The van der Waals surface area contributed by atoms with Crippen LogP contribution < -0.4 is 0 Å². The molecular formula is C19H28N2O2. The number of hydrogen-bond donors (Lipinski definition) is 0. The Morgan fingerprint density at radius 1 is 1.35 bits per heavy atom. The molecule has 1 aliphatic rings. The largest absolute Gasteiger partial charge is 0.379 e. The van der Waals surface area contributed by atoms with Gasteiger partial charge in [-0.3, -0.25) is 4.79 Å². The topological polar surface area (TPSA) is 32.8 Å². The lowest BCUT2D eigenvalue weighted by Crippen LogP contribution is -2.47. The number of benzene rings is 1. The smallest absolute Gasteiger partial charge is 0.246 e. The van der Waals surface area contributed by atoms with Gasteiger partial charge in [-0.15, -0.1) is 0 Å². The maximum absolute atomic E-state index is 12.3. The van der Waals surface area contributed by atoms with Crippen LogP contribution in [0.15, 0.2) is 42.5 Å². The first-order valence-electron chi connectivity index (χ1n) is 8.27. The predicted molar refractivity (Wildman–Crippen MR) is 93.3 cm³/mol. The summed E-state index contributed by atoms with van der Waals surface area (Å²) in [7, 11) is 5.73. The number of methoxy groups -OCH3 is 1. The highest BCUT2D eigenvalue weighted by Crippen LogP contribution is 2.24. The standard InChI is InChI=1S/C19H28N2O2/c1-20(2)12-7-10-19(22)21-13-11-17(18(15-21)23-3)14-16-8-5-4-6-9-16/h4-10,17-18H,11-15H2,1-3H3/b10-7+/t17-,18+/m1/s1. The highest BCUT2D eigenvalue weighted by atomic mass is 16.5. The Balaban J connectivity index is 1.90. The quantitative estimate of drug-likeness (QED) is 0.754. The first-order chi connectivity index (χ1) is 11.1. The Bertz CT molecular complexity index is 513. The normalized spacial score (nSPS) is 22.0. The van der Waals surface area contributed by atoms with E-state index < -0.39 is 0 Å². The number of likely N-dealkylation sites (tertiary alicyclic amines) is 1. The molecule has 2 atom stereocenters. The summed E-state index contributed by atoms with van der Waals surface area (Å²) in [5, 5.41) is 0. The third kappa shape index (κ3) is 5.48. The second-order valence-corrected chi connectivity index (χ2v) is 6.46. The van der Waals surface area contributed by atoms with Crippen LogP contribution in [0.2, 0.25) is 0 Å². The lowest BCUT2D eigenvalue weighted by Gasteiger charge is -2.37. The molecule has 1 amide bonds. The van der Waals surface area contributed by atoms with Gasteiger partial charge >= 0.3 is 0 Å². The molecule has 1 heterocycles. The van der Waals surface area contributed by atoms with Gasteiger partial charge in [-0.2, -0.15) is 0 Å². The molecular weight excluding hydrogens is 288 g/mol. The van der Waals surface area contributed by atoms with Crippen LogP contribution in [0.25, 0.3) is 0 Å². The number of carbonyl (C=O) groups excluding carboxylic acids is 1. The minimum atomic E-state index is 0.0899. The second kappa shape index (κ2) is 8.85. The average Bonchev–Trinajstić information content (AvgIpc) is 2.55. The number of hydrogen-bond acceptors (Lipinski definition) is 3. The van der Waals surface area contributed by atoms with Gasteiger partial charge in [-0.1, -0.05) is 36.4 Å². The molecule has 1 aromatic carbocycles.